The van der Waals surface area contributed by atoms with Crippen LogP contribution >= 0.6 is 0 Å². The summed E-state index contributed by atoms with van der Waals surface area (Å²) < 4.78 is 5.74. The number of hydrogen-bond acceptors (Lipinski definition) is 3. The van der Waals surface area contributed by atoms with E-state index in [-0.39, 0.29) is 5.91 Å². The van der Waals surface area contributed by atoms with Crippen molar-refractivity contribution in [1.82, 2.24) is 4.90 Å². The summed E-state index contributed by atoms with van der Waals surface area (Å²) in [6, 6.07) is 8.30. The Labute approximate surface area is 153 Å². The molecule has 0 saturated carbocycles. The maximum atomic E-state index is 12.8. The van der Waals surface area contributed by atoms with E-state index in [2.05, 4.69) is 48.0 Å². The highest BCUT2D eigenvalue weighted by molar-refractivity contribution is 5.89. The van der Waals surface area contributed by atoms with Crippen LogP contribution in [-0.2, 0) is 11.2 Å². The van der Waals surface area contributed by atoms with Crippen molar-refractivity contribution < 1.29 is 14.2 Å². The minimum atomic E-state index is 0.173. The molecule has 2 aromatic heterocycles. The molecule has 0 unspecified atom stereocenters. The molecule has 0 aliphatic carbocycles. The van der Waals surface area contributed by atoms with Gasteiger partial charge in [0.05, 0.1) is 12.7 Å². The number of nitrogens with zero attached hydrogens (tertiary/aromatic N) is 2. The lowest BCUT2D eigenvalue weighted by molar-refractivity contribution is -0.377. The first kappa shape index (κ1) is 16.6. The number of amides is 1. The number of fused-ring (bicyclic) bond motifs is 1. The van der Waals surface area contributed by atoms with E-state index < -0.39 is 0 Å². The first-order valence-corrected chi connectivity index (χ1v) is 9.08. The van der Waals surface area contributed by atoms with Crippen molar-refractivity contribution in [2.75, 3.05) is 31.1 Å². The van der Waals surface area contributed by atoms with Crippen LogP contribution < -0.4 is 9.88 Å². The number of pyridine rings is 1. The average molecular weight is 350 g/mol. The number of piperazine rings is 1. The number of carbonyl (C=O) groups excluding carboxylic acids is 1. The summed E-state index contributed by atoms with van der Waals surface area (Å²) in [4.78, 5) is 20.1. The summed E-state index contributed by atoms with van der Waals surface area (Å²) in [5.41, 5.74) is 5.43. The molecule has 5 heteroatoms. The summed E-state index contributed by atoms with van der Waals surface area (Å²) in [6.07, 6.45) is 6.00. The van der Waals surface area contributed by atoms with Gasteiger partial charge in [-0.3, -0.25) is 4.79 Å². The van der Waals surface area contributed by atoms with E-state index in [0.29, 0.717) is 6.42 Å². The van der Waals surface area contributed by atoms with Crippen molar-refractivity contribution in [1.29, 1.82) is 0 Å². The Kier molecular flexibility index (Phi) is 4.37. The Hall–Kier alpha value is -2.82. The largest absolute Gasteiger partial charge is 0.464 e. The molecule has 0 radical (unpaired) electrons. The molecule has 3 heterocycles. The fourth-order valence-corrected chi connectivity index (χ4v) is 3.60. The lowest BCUT2D eigenvalue weighted by atomic mass is 10.0. The Balaban J connectivity index is 1.43. The molecule has 1 N–H and O–H groups in total. The normalized spacial score (nSPS) is 14.8. The van der Waals surface area contributed by atoms with E-state index in [1.165, 1.54) is 11.3 Å². The smallest absolute Gasteiger partial charge is 0.227 e. The third-order valence-corrected chi connectivity index (χ3v) is 5.38. The lowest BCUT2D eigenvalue weighted by Gasteiger charge is -2.35. The summed E-state index contributed by atoms with van der Waals surface area (Å²) in [5, 5.41) is 1.06. The number of benzene rings is 1. The molecule has 1 amide bonds. The Morgan fingerprint density at radius 2 is 1.81 bits per heavy atom. The van der Waals surface area contributed by atoms with E-state index in [1.54, 1.807) is 6.26 Å². The first-order chi connectivity index (χ1) is 12.6. The molecular formula is C21H24N3O2+. The first-order valence-electron chi connectivity index (χ1n) is 9.08. The summed E-state index contributed by atoms with van der Waals surface area (Å²) in [7, 11) is 0. The van der Waals surface area contributed by atoms with E-state index in [9.17, 15) is 4.79 Å². The van der Waals surface area contributed by atoms with Gasteiger partial charge in [-0.25, -0.2) is 4.98 Å². The lowest BCUT2D eigenvalue weighted by Crippen LogP contribution is -2.49. The predicted molar refractivity (Wildman–Crippen MR) is 101 cm³/mol. The minimum absolute atomic E-state index is 0.173. The Morgan fingerprint density at radius 1 is 1.08 bits per heavy atom. The molecule has 1 aromatic carbocycles. The van der Waals surface area contributed by atoms with E-state index in [4.69, 9.17) is 4.42 Å². The Bertz CT molecular complexity index is 925. The minimum Gasteiger partial charge on any atom is -0.464 e. The van der Waals surface area contributed by atoms with E-state index >= 15 is 0 Å². The van der Waals surface area contributed by atoms with Gasteiger partial charge in [-0.2, -0.15) is 0 Å². The van der Waals surface area contributed by atoms with Crippen LogP contribution in [0.15, 0.2) is 47.3 Å². The fourth-order valence-electron chi connectivity index (χ4n) is 3.60. The Morgan fingerprint density at radius 3 is 2.54 bits per heavy atom. The number of aromatic amines is 1. The number of furan rings is 1. The van der Waals surface area contributed by atoms with Crippen LogP contribution in [0.3, 0.4) is 0 Å². The van der Waals surface area contributed by atoms with Crippen LogP contribution in [-0.4, -0.2) is 37.0 Å². The zero-order valence-corrected chi connectivity index (χ0v) is 15.3. The van der Waals surface area contributed by atoms with Crippen LogP contribution in [0.4, 0.5) is 5.69 Å². The topological polar surface area (TPSA) is 50.8 Å². The molecule has 1 fully saturated rings. The van der Waals surface area contributed by atoms with Gasteiger partial charge in [0, 0.05) is 54.9 Å². The number of hydrogen-bond donors (Lipinski definition) is 0. The molecule has 26 heavy (non-hydrogen) atoms. The molecule has 5 nitrogen and oxygen atoms in total. The molecule has 0 spiro atoms. The van der Waals surface area contributed by atoms with Crippen molar-refractivity contribution in [3.05, 3.63) is 59.6 Å². The van der Waals surface area contributed by atoms with Gasteiger partial charge in [0.2, 0.25) is 5.91 Å². The summed E-state index contributed by atoms with van der Waals surface area (Å²) in [5.74, 6) is 0.173. The molecule has 3 aromatic rings. The highest BCUT2D eigenvalue weighted by Gasteiger charge is 2.23. The van der Waals surface area contributed by atoms with Crippen molar-refractivity contribution in [2.45, 2.75) is 20.3 Å². The van der Waals surface area contributed by atoms with E-state index in [0.717, 1.165) is 48.3 Å². The maximum absolute atomic E-state index is 12.8. The van der Waals surface area contributed by atoms with Gasteiger partial charge in [0.15, 0.2) is 12.4 Å². The molecule has 1 aliphatic rings. The zero-order valence-electron chi connectivity index (χ0n) is 15.3. The third-order valence-electron chi connectivity index (χ3n) is 5.38. The highest BCUT2D eigenvalue weighted by Crippen LogP contribution is 2.27. The number of nitrogens with one attached hydrogen (secondary N) is 1. The van der Waals surface area contributed by atoms with Crippen LogP contribution in [0.2, 0.25) is 0 Å². The number of carbonyl (C=O) groups is 1. The highest BCUT2D eigenvalue weighted by atomic mass is 16.3. The van der Waals surface area contributed by atoms with Crippen molar-refractivity contribution >= 4 is 22.6 Å². The molecule has 1 aliphatic heterocycles. The molecule has 0 atom stereocenters. The number of rotatable bonds is 3. The number of aryl methyl sites for hydroxylation is 2. The number of aromatic nitrogens is 1. The average Bonchev–Trinajstić information content (AvgIpc) is 3.09. The van der Waals surface area contributed by atoms with Gasteiger partial charge < -0.3 is 14.2 Å². The van der Waals surface area contributed by atoms with Crippen LogP contribution in [0.1, 0.15) is 16.7 Å². The van der Waals surface area contributed by atoms with Gasteiger partial charge in [-0.15, -0.1) is 0 Å². The van der Waals surface area contributed by atoms with Gasteiger partial charge in [0.1, 0.15) is 5.58 Å². The predicted octanol–water partition coefficient (Wildman–Crippen LogP) is 2.76. The second-order valence-electron chi connectivity index (χ2n) is 6.95. The van der Waals surface area contributed by atoms with Gasteiger partial charge in [0.25, 0.3) is 0 Å². The van der Waals surface area contributed by atoms with Gasteiger partial charge >= 0.3 is 0 Å². The third kappa shape index (κ3) is 3.05. The van der Waals surface area contributed by atoms with Gasteiger partial charge in [-0.05, 0) is 25.0 Å². The number of anilines is 1. The van der Waals surface area contributed by atoms with Crippen LogP contribution in [0, 0.1) is 13.8 Å². The molecule has 1 saturated heterocycles. The van der Waals surface area contributed by atoms with Crippen molar-refractivity contribution in [3.63, 3.8) is 0 Å². The fraction of sp³-hybridized carbons (Fsp3) is 0.333. The molecular weight excluding hydrogens is 326 g/mol. The molecule has 0 bridgehead atoms. The second kappa shape index (κ2) is 6.83. The second-order valence-corrected chi connectivity index (χ2v) is 6.95. The van der Waals surface area contributed by atoms with Crippen LogP contribution in [0.5, 0.6) is 0 Å². The number of H-pyrrole nitrogens is 1. The van der Waals surface area contributed by atoms with Gasteiger partial charge in [-0.1, -0.05) is 12.1 Å². The molecule has 134 valence electrons. The summed E-state index contributed by atoms with van der Waals surface area (Å²) in [6.45, 7) is 7.37. The van der Waals surface area contributed by atoms with Crippen LogP contribution in [0.25, 0.3) is 11.0 Å². The van der Waals surface area contributed by atoms with Crippen molar-refractivity contribution in [3.8, 4) is 0 Å². The quantitative estimate of drug-likeness (QED) is 0.730. The zero-order chi connectivity index (χ0) is 18.1. The SMILES string of the molecule is Cc1ccc2c(CC(=O)N3CCN(c4cc[nH+]cc4)CC3)coc2c1C. The molecule has 4 rings (SSSR count). The summed E-state index contributed by atoms with van der Waals surface area (Å²) >= 11 is 0. The standard InChI is InChI=1S/C21H23N3O2/c1-15-3-4-19-17(14-26-21(19)16(15)2)13-20(25)24-11-9-23(10-12-24)18-5-7-22-8-6-18/h3-8,14H,9-13H2,1-2H3/p+1. The van der Waals surface area contributed by atoms with Crippen molar-refractivity contribution in [2.24, 2.45) is 0 Å². The monoisotopic (exact) mass is 350 g/mol. The maximum Gasteiger partial charge on any atom is 0.227 e. The van der Waals surface area contributed by atoms with E-state index in [1.807, 2.05) is 17.3 Å².